The van der Waals surface area contributed by atoms with Crippen molar-refractivity contribution >= 4 is 27.7 Å². The van der Waals surface area contributed by atoms with Crippen LogP contribution in [0.15, 0.2) is 34.9 Å². The van der Waals surface area contributed by atoms with Gasteiger partial charge in [-0.05, 0) is 50.7 Å². The molecule has 0 aliphatic heterocycles. The number of carbonyl (C=O) groups excluding carboxylic acids is 1. The van der Waals surface area contributed by atoms with Gasteiger partial charge in [0.05, 0.1) is 23.9 Å². The van der Waals surface area contributed by atoms with Crippen LogP contribution < -0.4 is 5.32 Å². The second kappa shape index (κ2) is 9.64. The molecule has 1 N–H and O–H groups in total. The fourth-order valence-corrected chi connectivity index (χ4v) is 3.28. The van der Waals surface area contributed by atoms with E-state index in [9.17, 15) is 14.9 Å². The van der Waals surface area contributed by atoms with Gasteiger partial charge < -0.3 is 15.4 Å². The van der Waals surface area contributed by atoms with E-state index in [1.54, 1.807) is 0 Å². The van der Waals surface area contributed by atoms with Crippen molar-refractivity contribution in [2.45, 2.75) is 58.5 Å². The first-order valence-corrected chi connectivity index (χ1v) is 9.91. The van der Waals surface area contributed by atoms with Crippen molar-refractivity contribution in [2.24, 2.45) is 0 Å². The molecule has 1 amide bonds. The Morgan fingerprint density at radius 1 is 1.26 bits per heavy atom. The summed E-state index contributed by atoms with van der Waals surface area (Å²) >= 11 is 3.10. The van der Waals surface area contributed by atoms with Gasteiger partial charge in [-0.15, -0.1) is 0 Å². The summed E-state index contributed by atoms with van der Waals surface area (Å²) in [5, 5.41) is 17.7. The molecule has 0 aliphatic carbocycles. The summed E-state index contributed by atoms with van der Waals surface area (Å²) in [5.74, 6) is 0.163. The van der Waals surface area contributed by atoms with E-state index in [0.29, 0.717) is 10.4 Å². The summed E-state index contributed by atoms with van der Waals surface area (Å²) in [6.07, 6.45) is 3.59. The molecule has 0 saturated carbocycles. The number of benzene rings is 1. The molecule has 0 bridgehead atoms. The Morgan fingerprint density at radius 2 is 1.89 bits per heavy atom. The fraction of sp³-hybridized carbons (Fsp3) is 0.474. The Kier molecular flexibility index (Phi) is 7.53. The van der Waals surface area contributed by atoms with Crippen molar-refractivity contribution < 1.29 is 9.72 Å². The molecule has 0 fully saturated rings. The number of nitrogens with zero attached hydrogens (tertiary/aromatic N) is 3. The molecule has 1 aromatic carbocycles. The van der Waals surface area contributed by atoms with E-state index in [-0.39, 0.29) is 30.7 Å². The molecule has 0 saturated heterocycles. The third kappa shape index (κ3) is 5.63. The number of carbonyl (C=O) groups is 1. The summed E-state index contributed by atoms with van der Waals surface area (Å²) in [4.78, 5) is 22.6. The van der Waals surface area contributed by atoms with Gasteiger partial charge >= 0.3 is 5.82 Å². The van der Waals surface area contributed by atoms with Gasteiger partial charge in [-0.3, -0.25) is 4.79 Å². The maximum absolute atomic E-state index is 12.3. The first-order chi connectivity index (χ1) is 12.8. The molecule has 8 heteroatoms. The third-order valence-corrected chi connectivity index (χ3v) is 5.26. The average molecular weight is 437 g/mol. The van der Waals surface area contributed by atoms with E-state index in [1.807, 2.05) is 6.92 Å². The topological polar surface area (TPSA) is 90.1 Å². The molecule has 2 aromatic rings. The predicted molar refractivity (Wildman–Crippen MR) is 108 cm³/mol. The van der Waals surface area contributed by atoms with Crippen LogP contribution in [-0.4, -0.2) is 20.6 Å². The zero-order valence-electron chi connectivity index (χ0n) is 15.8. The van der Waals surface area contributed by atoms with Crippen molar-refractivity contribution in [1.82, 2.24) is 15.1 Å². The minimum atomic E-state index is -0.559. The summed E-state index contributed by atoms with van der Waals surface area (Å²) in [7, 11) is 0. The standard InChI is InChI=1S/C19H25BrN4O3/c1-4-13(3)14-6-8-15(9-7-14)17(5-2)21-18(25)10-11-23-12-16(20)19(22-23)24(26)27/h6-9,12-13,17H,4-5,10-11H2,1-3H3,(H,21,25). The molecule has 0 spiro atoms. The normalized spacial score (nSPS) is 13.2. The minimum absolute atomic E-state index is 0.0535. The minimum Gasteiger partial charge on any atom is -0.358 e. The van der Waals surface area contributed by atoms with Gasteiger partial charge in [0.2, 0.25) is 5.91 Å². The zero-order chi connectivity index (χ0) is 20.0. The lowest BCUT2D eigenvalue weighted by Crippen LogP contribution is -2.29. The van der Waals surface area contributed by atoms with Gasteiger partial charge in [0.25, 0.3) is 0 Å². The van der Waals surface area contributed by atoms with Crippen molar-refractivity contribution in [3.05, 3.63) is 56.2 Å². The lowest BCUT2D eigenvalue weighted by molar-refractivity contribution is -0.390. The maximum Gasteiger partial charge on any atom is 0.404 e. The highest BCUT2D eigenvalue weighted by Gasteiger charge is 2.19. The smallest absolute Gasteiger partial charge is 0.358 e. The van der Waals surface area contributed by atoms with Gasteiger partial charge in [0.15, 0.2) is 0 Å². The first-order valence-electron chi connectivity index (χ1n) is 9.12. The SMILES string of the molecule is CCC(C)c1ccc(C(CC)NC(=O)CCn2cc(Br)c([N+](=O)[O-])n2)cc1. The largest absolute Gasteiger partial charge is 0.404 e. The molecule has 0 aliphatic rings. The fourth-order valence-electron chi connectivity index (χ4n) is 2.82. The zero-order valence-corrected chi connectivity index (χ0v) is 17.4. The molecule has 2 unspecified atom stereocenters. The molecule has 27 heavy (non-hydrogen) atoms. The van der Waals surface area contributed by atoms with Gasteiger partial charge in [0.1, 0.15) is 4.47 Å². The van der Waals surface area contributed by atoms with Gasteiger partial charge in [-0.1, -0.05) is 45.0 Å². The number of amides is 1. The maximum atomic E-state index is 12.3. The molecule has 146 valence electrons. The van der Waals surface area contributed by atoms with Crippen LogP contribution in [0, 0.1) is 10.1 Å². The Labute approximate surface area is 167 Å². The van der Waals surface area contributed by atoms with Crippen molar-refractivity contribution in [3.8, 4) is 0 Å². The van der Waals surface area contributed by atoms with Crippen LogP contribution in [0.1, 0.15) is 63.1 Å². The Morgan fingerprint density at radius 3 is 2.41 bits per heavy atom. The third-order valence-electron chi connectivity index (χ3n) is 4.70. The molecule has 2 atom stereocenters. The Bertz CT molecular complexity index is 789. The predicted octanol–water partition coefficient (Wildman–Crippen LogP) is 4.72. The number of nitro groups is 1. The van der Waals surface area contributed by atoms with E-state index >= 15 is 0 Å². The number of hydrogen-bond donors (Lipinski definition) is 1. The number of hydrogen-bond acceptors (Lipinski definition) is 4. The lowest BCUT2D eigenvalue weighted by Gasteiger charge is -2.18. The first kappa shape index (κ1) is 21.1. The summed E-state index contributed by atoms with van der Waals surface area (Å²) < 4.78 is 1.71. The highest BCUT2D eigenvalue weighted by molar-refractivity contribution is 9.10. The highest BCUT2D eigenvalue weighted by Crippen LogP contribution is 2.24. The summed E-state index contributed by atoms with van der Waals surface area (Å²) in [6, 6.07) is 8.34. The number of aryl methyl sites for hydroxylation is 1. The second-order valence-electron chi connectivity index (χ2n) is 6.58. The molecule has 1 aromatic heterocycles. The summed E-state index contributed by atoms with van der Waals surface area (Å²) in [6.45, 7) is 6.68. The van der Waals surface area contributed by atoms with E-state index in [1.165, 1.54) is 16.4 Å². The van der Waals surface area contributed by atoms with Crippen LogP contribution in [0.4, 0.5) is 5.82 Å². The van der Waals surface area contributed by atoms with Gasteiger partial charge in [-0.2, -0.15) is 4.68 Å². The van der Waals surface area contributed by atoms with Crippen LogP contribution >= 0.6 is 15.9 Å². The summed E-state index contributed by atoms with van der Waals surface area (Å²) in [5.41, 5.74) is 2.38. The highest BCUT2D eigenvalue weighted by atomic mass is 79.9. The Hall–Kier alpha value is -2.22. The molecular formula is C19H25BrN4O3. The van der Waals surface area contributed by atoms with Gasteiger partial charge in [0, 0.05) is 6.42 Å². The number of aromatic nitrogens is 2. The number of rotatable bonds is 9. The monoisotopic (exact) mass is 436 g/mol. The van der Waals surface area contributed by atoms with E-state index < -0.39 is 4.92 Å². The van der Waals surface area contributed by atoms with Gasteiger partial charge in [-0.25, -0.2) is 0 Å². The molecule has 7 nitrogen and oxygen atoms in total. The van der Waals surface area contributed by atoms with Crippen LogP contribution in [-0.2, 0) is 11.3 Å². The Balaban J connectivity index is 1.94. The lowest BCUT2D eigenvalue weighted by atomic mass is 9.95. The van der Waals surface area contributed by atoms with E-state index in [2.05, 4.69) is 64.5 Å². The molecule has 0 radical (unpaired) electrons. The molecule has 2 rings (SSSR count). The van der Waals surface area contributed by atoms with Crippen molar-refractivity contribution in [2.75, 3.05) is 0 Å². The molecular weight excluding hydrogens is 412 g/mol. The van der Waals surface area contributed by atoms with Crippen LogP contribution in [0.5, 0.6) is 0 Å². The van der Waals surface area contributed by atoms with Crippen LogP contribution in [0.2, 0.25) is 0 Å². The second-order valence-corrected chi connectivity index (χ2v) is 7.43. The van der Waals surface area contributed by atoms with Crippen molar-refractivity contribution in [3.63, 3.8) is 0 Å². The average Bonchev–Trinajstić information content (AvgIpc) is 3.05. The number of nitrogens with one attached hydrogen (secondary N) is 1. The quantitative estimate of drug-likeness (QED) is 0.454. The molecule has 1 heterocycles. The number of halogens is 1. The van der Waals surface area contributed by atoms with E-state index in [0.717, 1.165) is 18.4 Å². The van der Waals surface area contributed by atoms with Crippen LogP contribution in [0.3, 0.4) is 0 Å². The van der Waals surface area contributed by atoms with E-state index in [4.69, 9.17) is 0 Å². The van der Waals surface area contributed by atoms with Crippen LogP contribution in [0.25, 0.3) is 0 Å². The van der Waals surface area contributed by atoms with Crippen molar-refractivity contribution in [1.29, 1.82) is 0 Å².